The number of methoxy groups -OCH3 is 1. The second-order valence-electron chi connectivity index (χ2n) is 4.56. The number of hydrogen-bond donors (Lipinski definition) is 1. The molecule has 2 rings (SSSR count). The van der Waals surface area contributed by atoms with Crippen molar-refractivity contribution in [1.82, 2.24) is 4.98 Å². The average molecular weight is 319 g/mol. The predicted molar refractivity (Wildman–Crippen MR) is 84.0 cm³/mol. The molecule has 0 aliphatic heterocycles. The van der Waals surface area contributed by atoms with Gasteiger partial charge in [0.1, 0.15) is 0 Å². The summed E-state index contributed by atoms with van der Waals surface area (Å²) in [5.41, 5.74) is 1.55. The Hall–Kier alpha value is -2.40. The van der Waals surface area contributed by atoms with Gasteiger partial charge >= 0.3 is 5.97 Å². The second kappa shape index (κ2) is 7.56. The predicted octanol–water partition coefficient (Wildman–Crippen LogP) is 3.09. The summed E-state index contributed by atoms with van der Waals surface area (Å²) in [5, 5.41) is 3.05. The lowest BCUT2D eigenvalue weighted by molar-refractivity contribution is -0.116. The van der Waals surface area contributed by atoms with E-state index in [-0.39, 0.29) is 12.3 Å². The Bertz CT molecular complexity index is 674. The first-order chi connectivity index (χ1) is 10.6. The van der Waals surface area contributed by atoms with E-state index < -0.39 is 5.97 Å². The van der Waals surface area contributed by atoms with Crippen molar-refractivity contribution in [3.63, 3.8) is 0 Å². The van der Waals surface area contributed by atoms with Gasteiger partial charge in [-0.05, 0) is 36.8 Å². The number of esters is 1. The minimum absolute atomic E-state index is 0.199. The van der Waals surface area contributed by atoms with Crippen LogP contribution in [0.15, 0.2) is 42.6 Å². The van der Waals surface area contributed by atoms with Crippen molar-refractivity contribution in [2.24, 2.45) is 0 Å². The van der Waals surface area contributed by atoms with Crippen LogP contribution in [0.1, 0.15) is 22.5 Å². The number of hydrogen-bond acceptors (Lipinski definition) is 4. The SMILES string of the molecule is COC(=O)c1ccc(Cl)c(NC(=O)CCc2ccccn2)c1. The van der Waals surface area contributed by atoms with E-state index in [1.807, 2.05) is 18.2 Å². The molecule has 0 atom stereocenters. The van der Waals surface area contributed by atoms with Crippen molar-refractivity contribution in [3.05, 3.63) is 58.9 Å². The molecule has 0 spiro atoms. The van der Waals surface area contributed by atoms with Gasteiger partial charge in [0.15, 0.2) is 0 Å². The van der Waals surface area contributed by atoms with Gasteiger partial charge in [-0.2, -0.15) is 0 Å². The third kappa shape index (κ3) is 4.30. The molecule has 5 nitrogen and oxygen atoms in total. The van der Waals surface area contributed by atoms with Crippen LogP contribution in [-0.2, 0) is 16.0 Å². The Morgan fingerprint density at radius 2 is 2.09 bits per heavy atom. The Kier molecular flexibility index (Phi) is 5.49. The van der Waals surface area contributed by atoms with Gasteiger partial charge in [-0.25, -0.2) is 4.79 Å². The Morgan fingerprint density at radius 3 is 2.77 bits per heavy atom. The molecular weight excluding hydrogens is 304 g/mol. The molecule has 0 unspecified atom stereocenters. The van der Waals surface area contributed by atoms with Gasteiger partial charge in [0, 0.05) is 18.3 Å². The maximum atomic E-state index is 12.0. The van der Waals surface area contributed by atoms with Crippen LogP contribution in [0.5, 0.6) is 0 Å². The van der Waals surface area contributed by atoms with E-state index in [4.69, 9.17) is 11.6 Å². The van der Waals surface area contributed by atoms with Gasteiger partial charge in [-0.3, -0.25) is 9.78 Å². The lowest BCUT2D eigenvalue weighted by Gasteiger charge is -2.09. The van der Waals surface area contributed by atoms with Gasteiger partial charge in [0.25, 0.3) is 0 Å². The largest absolute Gasteiger partial charge is 0.465 e. The molecule has 2 aromatic rings. The van der Waals surface area contributed by atoms with Crippen LogP contribution in [0.2, 0.25) is 5.02 Å². The highest BCUT2D eigenvalue weighted by Crippen LogP contribution is 2.23. The van der Waals surface area contributed by atoms with Crippen LogP contribution in [-0.4, -0.2) is 24.0 Å². The van der Waals surface area contributed by atoms with E-state index in [0.29, 0.717) is 22.7 Å². The fourth-order valence-corrected chi connectivity index (χ4v) is 2.03. The molecule has 0 aliphatic rings. The zero-order valence-electron chi connectivity index (χ0n) is 12.0. The Morgan fingerprint density at radius 1 is 1.27 bits per heavy atom. The Labute approximate surface area is 133 Å². The normalized spacial score (nSPS) is 10.1. The van der Waals surface area contributed by atoms with Gasteiger partial charge in [0.05, 0.1) is 23.4 Å². The van der Waals surface area contributed by atoms with E-state index in [1.165, 1.54) is 19.2 Å². The summed E-state index contributed by atoms with van der Waals surface area (Å²) in [7, 11) is 1.29. The topological polar surface area (TPSA) is 68.3 Å². The van der Waals surface area contributed by atoms with Gasteiger partial charge in [0.2, 0.25) is 5.91 Å². The molecule has 1 amide bonds. The van der Waals surface area contributed by atoms with Crippen molar-refractivity contribution in [1.29, 1.82) is 0 Å². The molecule has 0 saturated carbocycles. The fraction of sp³-hybridized carbons (Fsp3) is 0.188. The number of carbonyl (C=O) groups is 2. The van der Waals surface area contributed by atoms with Crippen LogP contribution in [0.4, 0.5) is 5.69 Å². The molecule has 0 aliphatic carbocycles. The summed E-state index contributed by atoms with van der Waals surface area (Å²) in [5.74, 6) is -0.685. The fourth-order valence-electron chi connectivity index (χ4n) is 1.87. The van der Waals surface area contributed by atoms with Gasteiger partial charge in [-0.1, -0.05) is 17.7 Å². The van der Waals surface area contributed by atoms with Crippen LogP contribution in [0.25, 0.3) is 0 Å². The third-order valence-electron chi connectivity index (χ3n) is 3.00. The summed E-state index contributed by atoms with van der Waals surface area (Å²) in [6.45, 7) is 0. The van der Waals surface area contributed by atoms with Crippen molar-refractivity contribution in [3.8, 4) is 0 Å². The summed E-state index contributed by atoms with van der Waals surface area (Å²) in [4.78, 5) is 27.6. The number of aromatic nitrogens is 1. The number of pyridine rings is 1. The number of carbonyl (C=O) groups excluding carboxylic acids is 2. The number of anilines is 1. The molecule has 6 heteroatoms. The molecule has 22 heavy (non-hydrogen) atoms. The highest BCUT2D eigenvalue weighted by atomic mass is 35.5. The minimum Gasteiger partial charge on any atom is -0.465 e. The summed E-state index contributed by atoms with van der Waals surface area (Å²) >= 11 is 6.03. The van der Waals surface area contributed by atoms with Crippen molar-refractivity contribution in [2.45, 2.75) is 12.8 Å². The number of aryl methyl sites for hydroxylation is 1. The maximum Gasteiger partial charge on any atom is 0.337 e. The highest BCUT2D eigenvalue weighted by Gasteiger charge is 2.11. The molecule has 114 valence electrons. The number of amides is 1. The van der Waals surface area contributed by atoms with Crippen LogP contribution in [0.3, 0.4) is 0 Å². The smallest absolute Gasteiger partial charge is 0.337 e. The second-order valence-corrected chi connectivity index (χ2v) is 4.96. The number of ether oxygens (including phenoxy) is 1. The third-order valence-corrected chi connectivity index (χ3v) is 3.33. The number of halogens is 1. The molecule has 1 aromatic heterocycles. The molecule has 0 saturated heterocycles. The summed E-state index contributed by atoms with van der Waals surface area (Å²) in [6, 6.07) is 10.1. The van der Waals surface area contributed by atoms with E-state index in [9.17, 15) is 9.59 Å². The minimum atomic E-state index is -0.486. The van der Waals surface area contributed by atoms with E-state index in [1.54, 1.807) is 12.3 Å². The van der Waals surface area contributed by atoms with Crippen molar-refractivity contribution >= 4 is 29.2 Å². The Balaban J connectivity index is 2.00. The molecule has 0 radical (unpaired) electrons. The summed E-state index contributed by atoms with van der Waals surface area (Å²) in [6.07, 6.45) is 2.49. The van der Waals surface area contributed by atoms with E-state index in [0.717, 1.165) is 5.69 Å². The number of nitrogens with zero attached hydrogens (tertiary/aromatic N) is 1. The maximum absolute atomic E-state index is 12.0. The van der Waals surface area contributed by atoms with E-state index >= 15 is 0 Å². The number of nitrogens with one attached hydrogen (secondary N) is 1. The number of benzene rings is 1. The zero-order chi connectivity index (χ0) is 15.9. The number of rotatable bonds is 5. The van der Waals surface area contributed by atoms with E-state index in [2.05, 4.69) is 15.0 Å². The van der Waals surface area contributed by atoms with Crippen LogP contribution in [0, 0.1) is 0 Å². The molecule has 1 heterocycles. The lowest BCUT2D eigenvalue weighted by atomic mass is 10.2. The zero-order valence-corrected chi connectivity index (χ0v) is 12.8. The molecule has 1 N–H and O–H groups in total. The first-order valence-corrected chi connectivity index (χ1v) is 7.05. The van der Waals surface area contributed by atoms with Crippen molar-refractivity contribution < 1.29 is 14.3 Å². The standard InChI is InChI=1S/C16H15ClN2O3/c1-22-16(21)11-5-7-13(17)14(10-11)19-15(20)8-6-12-4-2-3-9-18-12/h2-5,7,9-10H,6,8H2,1H3,(H,19,20). The van der Waals surface area contributed by atoms with Crippen LogP contribution < -0.4 is 5.32 Å². The molecule has 1 aromatic carbocycles. The average Bonchev–Trinajstić information content (AvgIpc) is 2.55. The molecular formula is C16H15ClN2O3. The van der Waals surface area contributed by atoms with Crippen molar-refractivity contribution in [2.75, 3.05) is 12.4 Å². The quantitative estimate of drug-likeness (QED) is 0.860. The monoisotopic (exact) mass is 318 g/mol. The highest BCUT2D eigenvalue weighted by molar-refractivity contribution is 6.33. The molecule has 0 bridgehead atoms. The lowest BCUT2D eigenvalue weighted by Crippen LogP contribution is -2.13. The molecule has 0 fully saturated rings. The first-order valence-electron chi connectivity index (χ1n) is 6.68. The first kappa shape index (κ1) is 16.0. The van der Waals surface area contributed by atoms with Gasteiger partial charge < -0.3 is 10.1 Å². The summed E-state index contributed by atoms with van der Waals surface area (Å²) < 4.78 is 4.64. The van der Waals surface area contributed by atoms with Crippen LogP contribution >= 0.6 is 11.6 Å². The van der Waals surface area contributed by atoms with Gasteiger partial charge in [-0.15, -0.1) is 0 Å².